The number of nitrogens with zero attached hydrogens (tertiary/aromatic N) is 3. The Hall–Kier alpha value is -1.16. The van der Waals surface area contributed by atoms with Gasteiger partial charge in [0.25, 0.3) is 0 Å². The lowest BCUT2D eigenvalue weighted by Gasteiger charge is -2.13. The molecule has 1 aromatic rings. The van der Waals surface area contributed by atoms with Crippen molar-refractivity contribution in [2.45, 2.75) is 25.9 Å². The van der Waals surface area contributed by atoms with Crippen LogP contribution in [0.3, 0.4) is 0 Å². The van der Waals surface area contributed by atoms with E-state index in [2.05, 4.69) is 15.1 Å². The molecule has 0 saturated heterocycles. The summed E-state index contributed by atoms with van der Waals surface area (Å²) in [6.45, 7) is 3.97. The lowest BCUT2D eigenvalue weighted by molar-refractivity contribution is 0.0123. The Bertz CT molecular complexity index is 372. The highest BCUT2D eigenvalue weighted by atomic mass is 35.5. The van der Waals surface area contributed by atoms with Crippen LogP contribution in [0.15, 0.2) is 17.5 Å². The van der Waals surface area contributed by atoms with Crippen molar-refractivity contribution >= 4 is 17.3 Å². The highest BCUT2D eigenvalue weighted by molar-refractivity contribution is 6.28. The Kier molecular flexibility index (Phi) is 2.15. The van der Waals surface area contributed by atoms with E-state index in [1.165, 1.54) is 0 Å². The molecule has 0 bridgehead atoms. The molecule has 1 aliphatic rings. The second-order valence-corrected chi connectivity index (χ2v) is 4.14. The number of rotatable bonds is 1. The summed E-state index contributed by atoms with van der Waals surface area (Å²) in [6.07, 6.45) is 4.07. The number of hydrogen-bond donors (Lipinski definition) is 0. The fourth-order valence-corrected chi connectivity index (χ4v) is 1.36. The molecule has 1 aromatic heterocycles. The van der Waals surface area contributed by atoms with Crippen LogP contribution in [0.5, 0.6) is 0 Å². The Morgan fingerprint density at radius 3 is 2.50 bits per heavy atom. The van der Waals surface area contributed by atoms with E-state index in [1.807, 2.05) is 13.8 Å². The predicted molar refractivity (Wildman–Crippen MR) is 53.4 cm³/mol. The molecule has 0 saturated carbocycles. The van der Waals surface area contributed by atoms with E-state index >= 15 is 0 Å². The summed E-state index contributed by atoms with van der Waals surface area (Å²) in [5, 5.41) is 4.23. The standard InChI is InChI=1S/C9H10ClN3O/c1-9(2)3-7(13-14-9)6-4-11-8(10)12-5-6/h4-5H,3H2,1-2H3. The molecule has 4 nitrogen and oxygen atoms in total. The van der Waals surface area contributed by atoms with Gasteiger partial charge in [-0.25, -0.2) is 9.97 Å². The zero-order valence-electron chi connectivity index (χ0n) is 7.99. The first-order valence-electron chi connectivity index (χ1n) is 4.30. The summed E-state index contributed by atoms with van der Waals surface area (Å²) in [7, 11) is 0. The van der Waals surface area contributed by atoms with Gasteiger partial charge in [-0.1, -0.05) is 5.16 Å². The van der Waals surface area contributed by atoms with Gasteiger partial charge in [-0.3, -0.25) is 0 Å². The van der Waals surface area contributed by atoms with Gasteiger partial charge < -0.3 is 4.84 Å². The second kappa shape index (κ2) is 3.20. The van der Waals surface area contributed by atoms with Crippen LogP contribution in [-0.2, 0) is 4.84 Å². The van der Waals surface area contributed by atoms with E-state index in [9.17, 15) is 0 Å². The topological polar surface area (TPSA) is 47.4 Å². The van der Waals surface area contributed by atoms with E-state index in [4.69, 9.17) is 16.4 Å². The molecule has 1 aliphatic heterocycles. The summed E-state index contributed by atoms with van der Waals surface area (Å²) in [5.41, 5.74) is 1.50. The Balaban J connectivity index is 2.22. The predicted octanol–water partition coefficient (Wildman–Crippen LogP) is 2.03. The van der Waals surface area contributed by atoms with Crippen LogP contribution in [-0.4, -0.2) is 21.3 Å². The van der Waals surface area contributed by atoms with Gasteiger partial charge in [0, 0.05) is 24.4 Å². The SMILES string of the molecule is CC1(C)CC(c2cnc(Cl)nc2)=NO1. The lowest BCUT2D eigenvalue weighted by atomic mass is 10.00. The monoisotopic (exact) mass is 211 g/mol. The van der Waals surface area contributed by atoms with Gasteiger partial charge in [0.15, 0.2) is 0 Å². The van der Waals surface area contributed by atoms with Crippen molar-refractivity contribution in [1.29, 1.82) is 0 Å². The Morgan fingerprint density at radius 1 is 1.36 bits per heavy atom. The highest BCUT2D eigenvalue weighted by Gasteiger charge is 2.29. The zero-order valence-corrected chi connectivity index (χ0v) is 8.75. The number of oxime groups is 1. The average Bonchev–Trinajstić information content (AvgIpc) is 2.47. The molecule has 0 unspecified atom stereocenters. The maximum Gasteiger partial charge on any atom is 0.222 e. The molecular weight excluding hydrogens is 202 g/mol. The van der Waals surface area contributed by atoms with Crippen LogP contribution >= 0.6 is 11.6 Å². The molecule has 0 N–H and O–H groups in total. The number of aromatic nitrogens is 2. The van der Waals surface area contributed by atoms with Gasteiger partial charge in [-0.05, 0) is 25.4 Å². The Morgan fingerprint density at radius 2 is 2.00 bits per heavy atom. The molecule has 0 amide bonds. The molecule has 0 radical (unpaired) electrons. The van der Waals surface area contributed by atoms with Gasteiger partial charge in [0.1, 0.15) is 5.60 Å². The molecule has 14 heavy (non-hydrogen) atoms. The summed E-state index contributed by atoms with van der Waals surface area (Å²) < 4.78 is 0. The number of hydrogen-bond acceptors (Lipinski definition) is 4. The molecule has 0 fully saturated rings. The molecular formula is C9H10ClN3O. The van der Waals surface area contributed by atoms with E-state index in [0.717, 1.165) is 17.7 Å². The first kappa shape index (κ1) is 9.40. The van der Waals surface area contributed by atoms with Crippen LogP contribution in [0.2, 0.25) is 5.28 Å². The molecule has 74 valence electrons. The summed E-state index contributed by atoms with van der Waals surface area (Å²) >= 11 is 5.58. The fraction of sp³-hybridized carbons (Fsp3) is 0.444. The van der Waals surface area contributed by atoms with Crippen molar-refractivity contribution in [3.05, 3.63) is 23.2 Å². The third kappa shape index (κ3) is 1.85. The van der Waals surface area contributed by atoms with Crippen molar-refractivity contribution in [3.63, 3.8) is 0 Å². The maximum atomic E-state index is 5.58. The van der Waals surface area contributed by atoms with E-state index < -0.39 is 0 Å². The first-order valence-corrected chi connectivity index (χ1v) is 4.68. The highest BCUT2D eigenvalue weighted by Crippen LogP contribution is 2.25. The molecule has 2 heterocycles. The normalized spacial score (nSPS) is 18.9. The van der Waals surface area contributed by atoms with Crippen LogP contribution in [0.25, 0.3) is 0 Å². The van der Waals surface area contributed by atoms with Gasteiger partial charge in [-0.15, -0.1) is 0 Å². The van der Waals surface area contributed by atoms with Crippen molar-refractivity contribution in [1.82, 2.24) is 9.97 Å². The van der Waals surface area contributed by atoms with Gasteiger partial charge >= 0.3 is 0 Å². The minimum Gasteiger partial charge on any atom is -0.389 e. The van der Waals surface area contributed by atoms with E-state index in [1.54, 1.807) is 12.4 Å². The van der Waals surface area contributed by atoms with Crippen LogP contribution in [0.4, 0.5) is 0 Å². The van der Waals surface area contributed by atoms with Crippen LogP contribution in [0.1, 0.15) is 25.8 Å². The minimum absolute atomic E-state index is 0.227. The third-order valence-electron chi connectivity index (χ3n) is 1.95. The minimum atomic E-state index is -0.227. The van der Waals surface area contributed by atoms with Crippen molar-refractivity contribution in [2.75, 3.05) is 0 Å². The zero-order chi connectivity index (χ0) is 10.2. The third-order valence-corrected chi connectivity index (χ3v) is 2.14. The molecule has 0 atom stereocenters. The summed E-state index contributed by atoms with van der Waals surface area (Å²) in [6, 6.07) is 0. The summed E-state index contributed by atoms with van der Waals surface area (Å²) in [4.78, 5) is 13.0. The molecule has 2 rings (SSSR count). The van der Waals surface area contributed by atoms with E-state index in [-0.39, 0.29) is 10.9 Å². The average molecular weight is 212 g/mol. The van der Waals surface area contributed by atoms with Crippen LogP contribution < -0.4 is 0 Å². The van der Waals surface area contributed by atoms with E-state index in [0.29, 0.717) is 0 Å². The maximum absolute atomic E-state index is 5.58. The molecule has 0 spiro atoms. The van der Waals surface area contributed by atoms with Gasteiger partial charge in [0.05, 0.1) is 5.71 Å². The van der Waals surface area contributed by atoms with Crippen molar-refractivity contribution in [2.24, 2.45) is 5.16 Å². The lowest BCUT2D eigenvalue weighted by Crippen LogP contribution is -2.19. The Labute approximate surface area is 87.0 Å². The molecule has 0 aromatic carbocycles. The quantitative estimate of drug-likeness (QED) is 0.668. The first-order chi connectivity index (χ1) is 6.57. The fourth-order valence-electron chi connectivity index (χ4n) is 1.26. The summed E-state index contributed by atoms with van der Waals surface area (Å²) in [5.74, 6) is 0. The number of halogens is 1. The van der Waals surface area contributed by atoms with Crippen LogP contribution in [0, 0.1) is 0 Å². The van der Waals surface area contributed by atoms with Gasteiger partial charge in [-0.2, -0.15) is 0 Å². The van der Waals surface area contributed by atoms with Gasteiger partial charge in [0.2, 0.25) is 5.28 Å². The van der Waals surface area contributed by atoms with Crippen molar-refractivity contribution in [3.8, 4) is 0 Å². The van der Waals surface area contributed by atoms with Crippen molar-refractivity contribution < 1.29 is 4.84 Å². The second-order valence-electron chi connectivity index (χ2n) is 3.81. The largest absolute Gasteiger partial charge is 0.389 e. The smallest absolute Gasteiger partial charge is 0.222 e. The molecule has 0 aliphatic carbocycles. The molecule has 5 heteroatoms.